The number of halogens is 1. The number of fused-ring (bicyclic) bond motifs is 2. The van der Waals surface area contributed by atoms with Crippen molar-refractivity contribution in [1.82, 2.24) is 9.80 Å². The number of ether oxygens (including phenoxy) is 1. The third-order valence-electron chi connectivity index (χ3n) is 6.40. The van der Waals surface area contributed by atoms with Gasteiger partial charge in [0.25, 0.3) is 0 Å². The van der Waals surface area contributed by atoms with Gasteiger partial charge in [0.15, 0.2) is 0 Å². The van der Waals surface area contributed by atoms with Crippen LogP contribution in [0.5, 0.6) is 0 Å². The molecule has 0 aliphatic carbocycles. The van der Waals surface area contributed by atoms with E-state index in [0.717, 1.165) is 45.2 Å². The van der Waals surface area contributed by atoms with E-state index in [4.69, 9.17) is 4.74 Å². The van der Waals surface area contributed by atoms with Crippen LogP contribution in [0.25, 0.3) is 0 Å². The topological polar surface area (TPSA) is 49.9 Å². The molecule has 0 aromatic rings. The van der Waals surface area contributed by atoms with Gasteiger partial charge in [-0.05, 0) is 82.1 Å². The molecule has 2 fully saturated rings. The molecule has 0 spiro atoms. The number of Topliss-reactive ketones (excluding diaryl/α,β-unsaturated/α-hetero) is 1. The second kappa shape index (κ2) is 9.93. The summed E-state index contributed by atoms with van der Waals surface area (Å²) in [5.74, 6) is 0.361. The van der Waals surface area contributed by atoms with E-state index in [-0.39, 0.29) is 17.8 Å². The summed E-state index contributed by atoms with van der Waals surface area (Å²) in [6.45, 7) is 12.6. The molecule has 6 heteroatoms. The SMILES string of the molecule is CCCC1=C\N2CC(=C(CCC3CCN(C(=O)OC(C)(C)C)CC3C(C)=O)/C(Br)=C\1)C2. The summed E-state index contributed by atoms with van der Waals surface area (Å²) in [5, 5.41) is 0. The van der Waals surface area contributed by atoms with Gasteiger partial charge in [0, 0.05) is 42.8 Å². The molecule has 0 aromatic carbocycles. The lowest BCUT2D eigenvalue weighted by Crippen LogP contribution is -2.47. The summed E-state index contributed by atoms with van der Waals surface area (Å²) in [7, 11) is 0. The molecule has 31 heavy (non-hydrogen) atoms. The Morgan fingerprint density at radius 3 is 2.55 bits per heavy atom. The number of piperidine rings is 1. The molecule has 2 unspecified atom stereocenters. The first-order chi connectivity index (χ1) is 14.6. The zero-order valence-corrected chi connectivity index (χ0v) is 21.3. The Morgan fingerprint density at radius 2 is 1.94 bits per heavy atom. The number of carbonyl (C=O) groups is 2. The van der Waals surface area contributed by atoms with Gasteiger partial charge < -0.3 is 14.5 Å². The lowest BCUT2D eigenvalue weighted by molar-refractivity contribution is -0.124. The minimum absolute atomic E-state index is 0.114. The largest absolute Gasteiger partial charge is 0.444 e. The van der Waals surface area contributed by atoms with E-state index in [2.05, 4.69) is 40.0 Å². The maximum absolute atomic E-state index is 12.5. The van der Waals surface area contributed by atoms with Crippen LogP contribution in [0.2, 0.25) is 0 Å². The number of rotatable bonds is 6. The Bertz CT molecular complexity index is 798. The Hall–Kier alpha value is -1.56. The van der Waals surface area contributed by atoms with Crippen molar-refractivity contribution in [2.75, 3.05) is 26.2 Å². The van der Waals surface area contributed by atoms with E-state index < -0.39 is 5.60 Å². The Balaban J connectivity index is 1.65. The third-order valence-corrected chi connectivity index (χ3v) is 7.10. The number of hydrogen-bond donors (Lipinski definition) is 0. The fourth-order valence-corrected chi connectivity index (χ4v) is 5.54. The van der Waals surface area contributed by atoms with Crippen LogP contribution in [0.15, 0.2) is 33.5 Å². The number of ketones is 1. The number of nitrogens with zero attached hydrogens (tertiary/aromatic N) is 2. The first kappa shape index (κ1) is 24.1. The molecule has 0 aromatic heterocycles. The molecule has 5 nitrogen and oxygen atoms in total. The van der Waals surface area contributed by atoms with E-state index in [0.29, 0.717) is 19.0 Å². The number of carbonyl (C=O) groups excluding carboxylic acids is 2. The Kier molecular flexibility index (Phi) is 7.72. The van der Waals surface area contributed by atoms with Gasteiger partial charge in [0.05, 0.1) is 0 Å². The normalized spacial score (nSPS) is 27.4. The van der Waals surface area contributed by atoms with E-state index in [1.165, 1.54) is 21.2 Å². The fourth-order valence-electron chi connectivity index (χ4n) is 4.77. The second-order valence-corrected chi connectivity index (χ2v) is 11.0. The average molecular weight is 493 g/mol. The van der Waals surface area contributed by atoms with Gasteiger partial charge in [-0.3, -0.25) is 4.79 Å². The predicted octanol–water partition coefficient (Wildman–Crippen LogP) is 5.82. The van der Waals surface area contributed by atoms with Crippen molar-refractivity contribution in [3.05, 3.63) is 33.5 Å². The van der Waals surface area contributed by atoms with Crippen LogP contribution < -0.4 is 0 Å². The number of amides is 1. The van der Waals surface area contributed by atoms with Crippen molar-refractivity contribution < 1.29 is 14.3 Å². The number of hydrogen-bond acceptors (Lipinski definition) is 4. The van der Waals surface area contributed by atoms with Crippen LogP contribution in [-0.4, -0.2) is 53.5 Å². The maximum atomic E-state index is 12.5. The number of allylic oxidation sites excluding steroid dienone is 4. The second-order valence-electron chi connectivity index (χ2n) is 10.2. The van der Waals surface area contributed by atoms with Crippen LogP contribution >= 0.6 is 15.9 Å². The summed E-state index contributed by atoms with van der Waals surface area (Å²) in [6, 6.07) is 0. The molecule has 1 amide bonds. The average Bonchev–Trinajstić information content (AvgIpc) is 2.62. The summed E-state index contributed by atoms with van der Waals surface area (Å²) < 4.78 is 6.73. The van der Waals surface area contributed by atoms with Gasteiger partial charge in [-0.2, -0.15) is 0 Å². The van der Waals surface area contributed by atoms with Gasteiger partial charge >= 0.3 is 6.09 Å². The van der Waals surface area contributed by atoms with Gasteiger partial charge in [-0.15, -0.1) is 0 Å². The van der Waals surface area contributed by atoms with Gasteiger partial charge in [-0.1, -0.05) is 29.3 Å². The molecule has 4 aliphatic heterocycles. The first-order valence-corrected chi connectivity index (χ1v) is 12.4. The van der Waals surface area contributed by atoms with Gasteiger partial charge in [-0.25, -0.2) is 4.79 Å². The summed E-state index contributed by atoms with van der Waals surface area (Å²) in [5.41, 5.74) is 3.76. The highest BCUT2D eigenvalue weighted by Crippen LogP contribution is 2.38. The van der Waals surface area contributed by atoms with Gasteiger partial charge in [0.1, 0.15) is 11.4 Å². The van der Waals surface area contributed by atoms with Crippen molar-refractivity contribution in [2.45, 2.75) is 72.3 Å². The molecule has 4 heterocycles. The molecule has 172 valence electrons. The molecule has 0 N–H and O–H groups in total. The highest BCUT2D eigenvalue weighted by Gasteiger charge is 2.36. The van der Waals surface area contributed by atoms with E-state index >= 15 is 0 Å². The lowest BCUT2D eigenvalue weighted by Gasteiger charge is -2.39. The Labute approximate surface area is 195 Å². The van der Waals surface area contributed by atoms with Crippen molar-refractivity contribution in [2.24, 2.45) is 11.8 Å². The van der Waals surface area contributed by atoms with Crippen molar-refractivity contribution in [3.8, 4) is 0 Å². The number of likely N-dealkylation sites (tertiary alicyclic amines) is 1. The molecule has 4 aliphatic rings. The van der Waals surface area contributed by atoms with Crippen LogP contribution in [0.3, 0.4) is 0 Å². The summed E-state index contributed by atoms with van der Waals surface area (Å²) in [6.07, 6.45) is 9.28. The molecule has 0 radical (unpaired) electrons. The monoisotopic (exact) mass is 492 g/mol. The fraction of sp³-hybridized carbons (Fsp3) is 0.680. The van der Waals surface area contributed by atoms with Crippen LogP contribution in [0.1, 0.15) is 66.7 Å². The van der Waals surface area contributed by atoms with Crippen LogP contribution in [0, 0.1) is 11.8 Å². The lowest BCUT2D eigenvalue weighted by atomic mass is 9.79. The minimum Gasteiger partial charge on any atom is -0.444 e. The minimum atomic E-state index is -0.522. The van der Waals surface area contributed by atoms with Crippen molar-refractivity contribution in [3.63, 3.8) is 0 Å². The van der Waals surface area contributed by atoms with Crippen LogP contribution in [0.4, 0.5) is 4.79 Å². The maximum Gasteiger partial charge on any atom is 0.410 e. The Morgan fingerprint density at radius 1 is 1.23 bits per heavy atom. The zero-order chi connectivity index (χ0) is 22.8. The van der Waals surface area contributed by atoms with E-state index in [1.54, 1.807) is 11.8 Å². The molecule has 0 saturated carbocycles. The first-order valence-electron chi connectivity index (χ1n) is 11.6. The molecular weight excluding hydrogens is 456 g/mol. The molecule has 2 atom stereocenters. The van der Waals surface area contributed by atoms with Gasteiger partial charge in [0.2, 0.25) is 0 Å². The summed E-state index contributed by atoms with van der Waals surface area (Å²) >= 11 is 3.85. The highest BCUT2D eigenvalue weighted by molar-refractivity contribution is 9.12. The standard InChI is InChI=1S/C25H37BrN2O3/c1-6-7-18-12-23(26)21(20-14-27(13-18)15-20)9-8-19-10-11-28(16-22(19)17(2)29)24(30)31-25(3,4)5/h12-13,19,22H,6-11,14-16H2,1-5H3/b18-13+,23-12+. The van der Waals surface area contributed by atoms with Crippen molar-refractivity contribution >= 4 is 27.8 Å². The molecule has 2 saturated heterocycles. The van der Waals surface area contributed by atoms with E-state index in [1.807, 2.05) is 20.8 Å². The smallest absolute Gasteiger partial charge is 0.410 e. The van der Waals surface area contributed by atoms with E-state index in [9.17, 15) is 9.59 Å². The highest BCUT2D eigenvalue weighted by atomic mass is 79.9. The zero-order valence-electron chi connectivity index (χ0n) is 19.7. The molecule has 2 bridgehead atoms. The quantitative estimate of drug-likeness (QED) is 0.468. The molecule has 4 rings (SSSR count). The van der Waals surface area contributed by atoms with Crippen molar-refractivity contribution in [1.29, 1.82) is 0 Å². The predicted molar refractivity (Wildman–Crippen MR) is 128 cm³/mol. The molecular formula is C25H37BrN2O3. The third kappa shape index (κ3) is 6.24. The van der Waals surface area contributed by atoms with Crippen LogP contribution in [-0.2, 0) is 9.53 Å². The summed E-state index contributed by atoms with van der Waals surface area (Å²) in [4.78, 5) is 29.0.